The van der Waals surface area contributed by atoms with Gasteiger partial charge < -0.3 is 4.74 Å². The van der Waals surface area contributed by atoms with Crippen LogP contribution in [-0.4, -0.2) is 29.7 Å². The fourth-order valence-corrected chi connectivity index (χ4v) is 2.72. The fraction of sp³-hybridized carbons (Fsp3) is 0.176. The van der Waals surface area contributed by atoms with Gasteiger partial charge in [-0.15, -0.1) is 0 Å². The predicted molar refractivity (Wildman–Crippen MR) is 94.7 cm³/mol. The minimum atomic E-state index is -0.300. The minimum absolute atomic E-state index is 0.300. The van der Waals surface area contributed by atoms with Gasteiger partial charge in [0.2, 0.25) is 0 Å². The van der Waals surface area contributed by atoms with Crippen LogP contribution < -0.4 is 10.2 Å². The lowest BCUT2D eigenvalue weighted by Gasteiger charge is -2.25. The quantitative estimate of drug-likeness (QED) is 0.664. The predicted octanol–water partition coefficient (Wildman–Crippen LogP) is 3.60. The molecule has 0 spiro atoms. The van der Waals surface area contributed by atoms with Crippen molar-refractivity contribution in [1.29, 1.82) is 0 Å². The minimum Gasteiger partial charge on any atom is -0.489 e. The number of nitrogens with one attached hydrogen (secondary N) is 1. The van der Waals surface area contributed by atoms with Gasteiger partial charge in [0.05, 0.1) is 6.21 Å². The standard InChI is InChI=1S/C17H15ClN2O2S/c18-14-3-1-2-13(8-14)17(21)20-19-9-12-4-6-15(7-5-12)22-16-10-23-11-16/h1-9,16H,10-11H2,(H,20,21)/b19-9-. The molecule has 1 saturated heterocycles. The molecule has 3 rings (SSSR count). The number of rotatable bonds is 5. The van der Waals surface area contributed by atoms with Gasteiger partial charge in [-0.2, -0.15) is 16.9 Å². The zero-order valence-corrected chi connectivity index (χ0v) is 13.8. The monoisotopic (exact) mass is 346 g/mol. The molecule has 23 heavy (non-hydrogen) atoms. The van der Waals surface area contributed by atoms with Crippen LogP contribution in [0.3, 0.4) is 0 Å². The molecule has 2 aromatic carbocycles. The average molecular weight is 347 g/mol. The first-order valence-electron chi connectivity index (χ1n) is 7.14. The van der Waals surface area contributed by atoms with Crippen molar-refractivity contribution < 1.29 is 9.53 Å². The van der Waals surface area contributed by atoms with Crippen molar-refractivity contribution in [3.8, 4) is 5.75 Å². The second kappa shape index (κ2) is 7.53. The van der Waals surface area contributed by atoms with Crippen LogP contribution in [0.1, 0.15) is 15.9 Å². The highest BCUT2D eigenvalue weighted by Crippen LogP contribution is 2.23. The number of carbonyl (C=O) groups excluding carboxylic acids is 1. The summed E-state index contributed by atoms with van der Waals surface area (Å²) < 4.78 is 5.77. The summed E-state index contributed by atoms with van der Waals surface area (Å²) in [5.41, 5.74) is 3.83. The molecule has 0 saturated carbocycles. The molecule has 0 unspecified atom stereocenters. The lowest BCUT2D eigenvalue weighted by Crippen LogP contribution is -2.30. The van der Waals surface area contributed by atoms with E-state index in [1.54, 1.807) is 30.5 Å². The Kier molecular flexibility index (Phi) is 5.20. The van der Waals surface area contributed by atoms with E-state index in [0.717, 1.165) is 22.8 Å². The Labute approximate surface area is 143 Å². The van der Waals surface area contributed by atoms with Gasteiger partial charge in [0, 0.05) is 22.1 Å². The maximum atomic E-state index is 11.9. The summed E-state index contributed by atoms with van der Waals surface area (Å²) in [5.74, 6) is 2.67. The molecule has 1 aliphatic heterocycles. The molecule has 0 radical (unpaired) electrons. The van der Waals surface area contributed by atoms with Crippen LogP contribution in [0, 0.1) is 0 Å². The lowest BCUT2D eigenvalue weighted by molar-refractivity contribution is 0.0955. The molecule has 1 N–H and O–H groups in total. The zero-order valence-electron chi connectivity index (χ0n) is 12.2. The van der Waals surface area contributed by atoms with Gasteiger partial charge >= 0.3 is 0 Å². The third-order valence-electron chi connectivity index (χ3n) is 3.26. The van der Waals surface area contributed by atoms with E-state index in [0.29, 0.717) is 16.7 Å². The summed E-state index contributed by atoms with van der Waals surface area (Å²) in [7, 11) is 0. The molecule has 1 fully saturated rings. The van der Waals surface area contributed by atoms with Crippen LogP contribution in [0.15, 0.2) is 53.6 Å². The molecule has 1 aliphatic rings. The van der Waals surface area contributed by atoms with Gasteiger partial charge in [-0.3, -0.25) is 4.79 Å². The Balaban J connectivity index is 1.54. The van der Waals surface area contributed by atoms with Crippen molar-refractivity contribution in [2.75, 3.05) is 11.5 Å². The SMILES string of the molecule is O=C(N/N=C\c1ccc(OC2CSC2)cc1)c1cccc(Cl)c1. The van der Waals surface area contributed by atoms with Gasteiger partial charge in [-0.25, -0.2) is 5.43 Å². The van der Waals surface area contributed by atoms with E-state index in [9.17, 15) is 4.79 Å². The molecular weight excluding hydrogens is 332 g/mol. The Hall–Kier alpha value is -1.98. The zero-order chi connectivity index (χ0) is 16.1. The number of hydrazone groups is 1. The molecule has 118 valence electrons. The van der Waals surface area contributed by atoms with Crippen LogP contribution in [0.2, 0.25) is 5.02 Å². The van der Waals surface area contributed by atoms with Crippen LogP contribution in [0.5, 0.6) is 5.75 Å². The van der Waals surface area contributed by atoms with E-state index < -0.39 is 0 Å². The molecule has 0 atom stereocenters. The highest BCUT2D eigenvalue weighted by Gasteiger charge is 2.19. The van der Waals surface area contributed by atoms with Crippen molar-refractivity contribution in [1.82, 2.24) is 5.43 Å². The van der Waals surface area contributed by atoms with Crippen molar-refractivity contribution in [3.63, 3.8) is 0 Å². The van der Waals surface area contributed by atoms with E-state index in [1.807, 2.05) is 36.0 Å². The summed E-state index contributed by atoms with van der Waals surface area (Å²) >= 11 is 7.74. The summed E-state index contributed by atoms with van der Waals surface area (Å²) in [6.45, 7) is 0. The number of ether oxygens (including phenoxy) is 1. The van der Waals surface area contributed by atoms with Crippen LogP contribution in [0.25, 0.3) is 0 Å². The summed E-state index contributed by atoms with van der Waals surface area (Å²) in [6.07, 6.45) is 1.92. The molecule has 4 nitrogen and oxygen atoms in total. The Morgan fingerprint density at radius 2 is 2.04 bits per heavy atom. The molecule has 1 amide bonds. The largest absolute Gasteiger partial charge is 0.489 e. The van der Waals surface area contributed by atoms with Gasteiger partial charge in [0.25, 0.3) is 5.91 Å². The summed E-state index contributed by atoms with van der Waals surface area (Å²) in [6, 6.07) is 14.3. The Morgan fingerprint density at radius 1 is 1.26 bits per heavy atom. The van der Waals surface area contributed by atoms with Crippen LogP contribution in [-0.2, 0) is 0 Å². The maximum absolute atomic E-state index is 11.9. The van der Waals surface area contributed by atoms with Gasteiger partial charge in [-0.05, 0) is 48.0 Å². The lowest BCUT2D eigenvalue weighted by atomic mass is 10.2. The molecule has 0 bridgehead atoms. The number of halogens is 1. The van der Waals surface area contributed by atoms with Crippen molar-refractivity contribution in [3.05, 3.63) is 64.7 Å². The number of hydrogen-bond donors (Lipinski definition) is 1. The highest BCUT2D eigenvalue weighted by molar-refractivity contribution is 8.00. The smallest absolute Gasteiger partial charge is 0.271 e. The molecule has 6 heteroatoms. The Bertz CT molecular complexity index is 715. The number of benzene rings is 2. The molecule has 0 aromatic heterocycles. The Morgan fingerprint density at radius 3 is 2.70 bits per heavy atom. The van der Waals surface area contributed by atoms with Gasteiger partial charge in [0.15, 0.2) is 0 Å². The third kappa shape index (κ3) is 4.50. The van der Waals surface area contributed by atoms with Crippen LogP contribution in [0.4, 0.5) is 0 Å². The second-order valence-corrected chi connectivity index (χ2v) is 6.57. The summed E-state index contributed by atoms with van der Waals surface area (Å²) in [5, 5.41) is 4.47. The van der Waals surface area contributed by atoms with E-state index >= 15 is 0 Å². The van der Waals surface area contributed by atoms with E-state index in [1.165, 1.54) is 0 Å². The first-order valence-corrected chi connectivity index (χ1v) is 8.67. The fourth-order valence-electron chi connectivity index (χ4n) is 1.97. The third-order valence-corrected chi connectivity index (χ3v) is 4.71. The van der Waals surface area contributed by atoms with Gasteiger partial charge in [-0.1, -0.05) is 17.7 Å². The highest BCUT2D eigenvalue weighted by atomic mass is 35.5. The topological polar surface area (TPSA) is 50.7 Å². The number of hydrogen-bond acceptors (Lipinski definition) is 4. The first kappa shape index (κ1) is 15.9. The molecule has 0 aliphatic carbocycles. The van der Waals surface area contributed by atoms with Crippen molar-refractivity contribution >= 4 is 35.5 Å². The molecular formula is C17H15ClN2O2S. The van der Waals surface area contributed by atoms with Crippen molar-refractivity contribution in [2.24, 2.45) is 5.10 Å². The number of carbonyl (C=O) groups is 1. The van der Waals surface area contributed by atoms with Gasteiger partial charge in [0.1, 0.15) is 11.9 Å². The van der Waals surface area contributed by atoms with E-state index in [-0.39, 0.29) is 5.91 Å². The number of nitrogens with zero attached hydrogens (tertiary/aromatic N) is 1. The molecule has 2 aromatic rings. The average Bonchev–Trinajstić information content (AvgIpc) is 2.52. The van der Waals surface area contributed by atoms with Crippen LogP contribution >= 0.6 is 23.4 Å². The number of thioether (sulfide) groups is 1. The maximum Gasteiger partial charge on any atom is 0.271 e. The molecule has 1 heterocycles. The van der Waals surface area contributed by atoms with Crippen molar-refractivity contribution in [2.45, 2.75) is 6.10 Å². The van der Waals surface area contributed by atoms with E-state index in [2.05, 4.69) is 10.5 Å². The first-order chi connectivity index (χ1) is 11.2. The second-order valence-electron chi connectivity index (χ2n) is 5.06. The summed E-state index contributed by atoms with van der Waals surface area (Å²) in [4.78, 5) is 11.9. The van der Waals surface area contributed by atoms with E-state index in [4.69, 9.17) is 16.3 Å². The normalized spacial score (nSPS) is 14.5. The number of amides is 1.